The fourth-order valence-corrected chi connectivity index (χ4v) is 4.09. The Morgan fingerprint density at radius 1 is 1.00 bits per heavy atom. The number of benzene rings is 2. The van der Waals surface area contributed by atoms with E-state index in [2.05, 4.69) is 51.5 Å². The highest BCUT2D eigenvalue weighted by atomic mass is 16.2. The maximum absolute atomic E-state index is 12.2. The average molecular weight is 515 g/mol. The summed E-state index contributed by atoms with van der Waals surface area (Å²) >= 11 is 0. The molecular formula is C29H34N6O3. The van der Waals surface area contributed by atoms with Crippen molar-refractivity contribution in [2.24, 2.45) is 5.73 Å². The van der Waals surface area contributed by atoms with Crippen LogP contribution < -0.4 is 16.4 Å². The molecule has 0 fully saturated rings. The van der Waals surface area contributed by atoms with Gasteiger partial charge in [-0.05, 0) is 67.5 Å². The lowest BCUT2D eigenvalue weighted by Crippen LogP contribution is -2.26. The van der Waals surface area contributed by atoms with Gasteiger partial charge in [0.25, 0.3) is 5.91 Å². The van der Waals surface area contributed by atoms with Crippen molar-refractivity contribution in [3.8, 4) is 0 Å². The fourth-order valence-electron chi connectivity index (χ4n) is 4.09. The van der Waals surface area contributed by atoms with Crippen molar-refractivity contribution < 1.29 is 14.4 Å². The molecule has 3 heterocycles. The van der Waals surface area contributed by atoms with Crippen LogP contribution in [0.3, 0.4) is 0 Å². The highest BCUT2D eigenvalue weighted by Gasteiger charge is 2.13. The first-order chi connectivity index (χ1) is 18.5. The Morgan fingerprint density at radius 2 is 1.79 bits per heavy atom. The number of hydrogen-bond acceptors (Lipinski definition) is 7. The van der Waals surface area contributed by atoms with Crippen molar-refractivity contribution in [3.05, 3.63) is 101 Å². The van der Waals surface area contributed by atoms with Gasteiger partial charge in [0.1, 0.15) is 17.6 Å². The van der Waals surface area contributed by atoms with E-state index in [0.717, 1.165) is 24.7 Å². The molecule has 0 unspecified atom stereocenters. The summed E-state index contributed by atoms with van der Waals surface area (Å²) in [6.07, 6.45) is 5.87. The lowest BCUT2D eigenvalue weighted by Gasteiger charge is -2.25. The van der Waals surface area contributed by atoms with Crippen molar-refractivity contribution in [2.45, 2.75) is 19.5 Å². The second-order valence-corrected chi connectivity index (χ2v) is 8.74. The number of nitrogens with zero attached hydrogens (tertiary/aromatic N) is 3. The number of imidazole rings is 1. The fraction of sp³-hybridized carbons (Fsp3) is 0.241. The molecule has 0 spiro atoms. The maximum atomic E-state index is 12.2. The first kappa shape index (κ1) is 28.2. The number of likely N-dealkylation sites (N-methyl/N-ethyl adjacent to an activating group) is 1. The van der Waals surface area contributed by atoms with E-state index in [0.29, 0.717) is 23.3 Å². The predicted octanol–water partition coefficient (Wildman–Crippen LogP) is 3.18. The van der Waals surface area contributed by atoms with E-state index in [4.69, 9.17) is 0 Å². The van der Waals surface area contributed by atoms with E-state index in [1.54, 1.807) is 47.1 Å². The van der Waals surface area contributed by atoms with Crippen LogP contribution in [0.1, 0.15) is 47.9 Å². The summed E-state index contributed by atoms with van der Waals surface area (Å²) in [4.78, 5) is 40.3. The number of rotatable bonds is 6. The highest BCUT2D eigenvalue weighted by Crippen LogP contribution is 2.21. The van der Waals surface area contributed by atoms with Crippen LogP contribution in [0, 0.1) is 0 Å². The van der Waals surface area contributed by atoms with E-state index < -0.39 is 0 Å². The second-order valence-electron chi connectivity index (χ2n) is 8.74. The van der Waals surface area contributed by atoms with E-state index >= 15 is 0 Å². The number of carbonyl (C=O) groups is 3. The largest absolute Gasteiger partial charge is 0.388 e. The Balaban J connectivity index is 0.000000225. The Kier molecular flexibility index (Phi) is 10.3. The van der Waals surface area contributed by atoms with Crippen LogP contribution in [0.5, 0.6) is 0 Å². The van der Waals surface area contributed by atoms with Gasteiger partial charge in [0, 0.05) is 55.9 Å². The number of aldehydes is 2. The molecule has 0 aliphatic carbocycles. The highest BCUT2D eigenvalue weighted by molar-refractivity contribution is 5.93. The summed E-state index contributed by atoms with van der Waals surface area (Å²) in [6, 6.07) is 17.0. The summed E-state index contributed by atoms with van der Waals surface area (Å²) in [5.41, 5.74) is 11.4. The van der Waals surface area contributed by atoms with Crippen LogP contribution >= 0.6 is 0 Å². The van der Waals surface area contributed by atoms with Crippen molar-refractivity contribution in [2.75, 3.05) is 33.0 Å². The molecule has 9 nitrogen and oxygen atoms in total. The van der Waals surface area contributed by atoms with Crippen molar-refractivity contribution >= 4 is 29.8 Å². The minimum Gasteiger partial charge on any atom is -0.388 e. The van der Waals surface area contributed by atoms with Crippen LogP contribution in [-0.2, 0) is 19.5 Å². The topological polar surface area (TPSA) is 122 Å². The number of anilines is 1. The molecule has 9 heteroatoms. The summed E-state index contributed by atoms with van der Waals surface area (Å²) in [5, 5.41) is 5.93. The van der Waals surface area contributed by atoms with Gasteiger partial charge in [0.15, 0.2) is 6.29 Å². The normalized spacial score (nSPS) is 12.2. The number of nitrogens with one attached hydrogen (secondary N) is 2. The van der Waals surface area contributed by atoms with Gasteiger partial charge in [-0.15, -0.1) is 0 Å². The van der Waals surface area contributed by atoms with Gasteiger partial charge in [-0.3, -0.25) is 14.4 Å². The Bertz CT molecular complexity index is 1400. The van der Waals surface area contributed by atoms with E-state index in [1.807, 2.05) is 13.1 Å². The van der Waals surface area contributed by atoms with Gasteiger partial charge in [-0.25, -0.2) is 4.98 Å². The lowest BCUT2D eigenvalue weighted by atomic mass is 9.99. The predicted molar refractivity (Wildman–Crippen MR) is 150 cm³/mol. The second kappa shape index (κ2) is 13.8. The molecule has 4 N–H and O–H groups in total. The van der Waals surface area contributed by atoms with E-state index in [9.17, 15) is 14.4 Å². The summed E-state index contributed by atoms with van der Waals surface area (Å²) in [7, 11) is 5.64. The monoisotopic (exact) mass is 514 g/mol. The molecular weight excluding hydrogens is 480 g/mol. The Labute approximate surface area is 222 Å². The molecule has 0 atom stereocenters. The molecule has 5 rings (SSSR count). The smallest absolute Gasteiger partial charge is 0.271 e. The van der Waals surface area contributed by atoms with Crippen LogP contribution in [0.25, 0.3) is 5.65 Å². The lowest BCUT2D eigenvalue weighted by molar-refractivity contribution is 0.0946. The van der Waals surface area contributed by atoms with Gasteiger partial charge in [0.05, 0.1) is 0 Å². The maximum Gasteiger partial charge on any atom is 0.271 e. The standard InChI is InChI=1S/C17H13N3O3.C11H16N2.CH5N/c21-10-13-3-1-2-12(6-13)7-18-17(23)15-9-20-8-14(11-22)4-5-16(20)19-15;1-12-11-4-3-9-5-6-13(2)8-10(9)7-11;1-2/h1-6,8-11H,7H2,(H,18,23);3-4,7,12H,5-6,8H2,1-2H3;2H2,1H3. The molecule has 0 saturated heterocycles. The van der Waals surface area contributed by atoms with Crippen molar-refractivity contribution in [3.63, 3.8) is 0 Å². The molecule has 4 aromatic rings. The van der Waals surface area contributed by atoms with Crippen LogP contribution in [0.2, 0.25) is 0 Å². The zero-order chi connectivity index (χ0) is 27.5. The van der Waals surface area contributed by atoms with Gasteiger partial charge in [-0.2, -0.15) is 0 Å². The summed E-state index contributed by atoms with van der Waals surface area (Å²) in [5.74, 6) is -0.321. The molecule has 0 saturated carbocycles. The molecule has 2 aromatic carbocycles. The number of amides is 1. The first-order valence-electron chi connectivity index (χ1n) is 12.3. The van der Waals surface area contributed by atoms with Gasteiger partial charge in [0.2, 0.25) is 0 Å². The summed E-state index contributed by atoms with van der Waals surface area (Å²) < 4.78 is 1.63. The number of pyridine rings is 1. The number of aromatic nitrogens is 2. The zero-order valence-corrected chi connectivity index (χ0v) is 22.0. The molecule has 198 valence electrons. The third kappa shape index (κ3) is 7.34. The van der Waals surface area contributed by atoms with Gasteiger partial charge < -0.3 is 25.7 Å². The minimum absolute atomic E-state index is 0.264. The van der Waals surface area contributed by atoms with E-state index in [-0.39, 0.29) is 11.6 Å². The number of hydrogen-bond donors (Lipinski definition) is 3. The minimum atomic E-state index is -0.321. The SMILES string of the molecule is CN.CNc1ccc2c(c1)CN(C)CC2.O=Cc1cccc(CNC(=O)c2cn3cc(C=O)ccc3n2)c1. The molecule has 2 aromatic heterocycles. The Morgan fingerprint density at radius 3 is 2.53 bits per heavy atom. The molecule has 0 bridgehead atoms. The van der Waals surface area contributed by atoms with Gasteiger partial charge in [-0.1, -0.05) is 24.3 Å². The number of nitrogens with two attached hydrogens (primary N) is 1. The van der Waals surface area contributed by atoms with Crippen LogP contribution in [0.4, 0.5) is 5.69 Å². The number of fused-ring (bicyclic) bond motifs is 2. The third-order valence-electron chi connectivity index (χ3n) is 6.08. The molecule has 1 aliphatic heterocycles. The Hall–Kier alpha value is -4.34. The summed E-state index contributed by atoms with van der Waals surface area (Å²) in [6.45, 7) is 2.57. The number of carbonyl (C=O) groups excluding carboxylic acids is 3. The zero-order valence-electron chi connectivity index (χ0n) is 22.0. The molecule has 0 radical (unpaired) electrons. The molecule has 1 amide bonds. The van der Waals surface area contributed by atoms with Crippen molar-refractivity contribution in [1.82, 2.24) is 19.6 Å². The quantitative estimate of drug-likeness (QED) is 0.338. The van der Waals surface area contributed by atoms with Crippen molar-refractivity contribution in [1.29, 1.82) is 0 Å². The first-order valence-corrected chi connectivity index (χ1v) is 12.3. The van der Waals surface area contributed by atoms with Gasteiger partial charge >= 0.3 is 0 Å². The molecule has 38 heavy (non-hydrogen) atoms. The third-order valence-corrected chi connectivity index (χ3v) is 6.08. The van der Waals surface area contributed by atoms with Crippen LogP contribution in [-0.4, -0.2) is 60.5 Å². The van der Waals surface area contributed by atoms with Crippen LogP contribution in [0.15, 0.2) is 67.0 Å². The molecule has 1 aliphatic rings. The van der Waals surface area contributed by atoms with E-state index in [1.165, 1.54) is 36.8 Å². The average Bonchev–Trinajstić information content (AvgIpc) is 3.40.